The molecular weight excluding hydrogens is 361 g/mol. The highest BCUT2D eigenvalue weighted by Crippen LogP contribution is 2.37. The number of carbonyl (C=O) groups excluding carboxylic acids is 1. The highest BCUT2D eigenvalue weighted by Gasteiger charge is 2.34. The van der Waals surface area contributed by atoms with E-state index in [0.717, 1.165) is 25.3 Å². The number of anilines is 1. The molecule has 0 radical (unpaired) electrons. The maximum absolute atomic E-state index is 13.0. The number of pyridine rings is 1. The molecule has 1 amide bonds. The van der Waals surface area contributed by atoms with Crippen molar-refractivity contribution in [3.63, 3.8) is 0 Å². The Balaban J connectivity index is 1.62. The molecule has 4 rings (SSSR count). The Morgan fingerprint density at radius 1 is 1.26 bits per heavy atom. The molecule has 1 N–H and O–H groups in total. The first kappa shape index (κ1) is 17.6. The lowest BCUT2D eigenvalue weighted by Gasteiger charge is -2.28. The molecule has 6 nitrogen and oxygen atoms in total. The van der Waals surface area contributed by atoms with Crippen LogP contribution in [0.5, 0.6) is 0 Å². The van der Waals surface area contributed by atoms with E-state index in [1.165, 1.54) is 12.3 Å². The van der Waals surface area contributed by atoms with E-state index in [2.05, 4.69) is 15.3 Å². The first-order chi connectivity index (χ1) is 12.9. The third kappa shape index (κ3) is 3.54. The Kier molecular flexibility index (Phi) is 4.37. The minimum Gasteiger partial charge on any atom is -0.469 e. The number of nitrogens with zero attached hydrogens (tertiary/aromatic N) is 3. The lowest BCUT2D eigenvalue weighted by molar-refractivity contribution is -0.141. The van der Waals surface area contributed by atoms with Crippen molar-refractivity contribution in [2.45, 2.75) is 44.3 Å². The molecule has 1 aliphatic rings. The van der Waals surface area contributed by atoms with Gasteiger partial charge in [-0.15, -0.1) is 0 Å². The predicted octanol–water partition coefficient (Wildman–Crippen LogP) is 4.34. The molecule has 3 aromatic heterocycles. The molecule has 0 aromatic carbocycles. The summed E-state index contributed by atoms with van der Waals surface area (Å²) in [6, 6.07) is 5.71. The molecule has 0 aliphatic heterocycles. The number of alkyl halides is 3. The van der Waals surface area contributed by atoms with Gasteiger partial charge in [-0.25, -0.2) is 9.97 Å². The number of carbonyl (C=O) groups is 1. The second-order valence-electron chi connectivity index (χ2n) is 6.55. The third-order valence-corrected chi connectivity index (χ3v) is 4.70. The monoisotopic (exact) mass is 378 g/mol. The van der Waals surface area contributed by atoms with Crippen molar-refractivity contribution in [2.75, 3.05) is 5.32 Å². The van der Waals surface area contributed by atoms with Crippen LogP contribution in [0.2, 0.25) is 0 Å². The average Bonchev–Trinajstić information content (AvgIpc) is 3.19. The first-order valence-corrected chi connectivity index (χ1v) is 8.70. The van der Waals surface area contributed by atoms with Crippen LogP contribution in [-0.2, 0) is 17.4 Å². The highest BCUT2D eigenvalue weighted by atomic mass is 19.4. The van der Waals surface area contributed by atoms with Crippen LogP contribution in [0, 0.1) is 0 Å². The van der Waals surface area contributed by atoms with Crippen molar-refractivity contribution in [2.24, 2.45) is 0 Å². The fraction of sp³-hybridized carbons (Fsp3) is 0.389. The van der Waals surface area contributed by atoms with Crippen molar-refractivity contribution in [3.8, 4) is 0 Å². The molecule has 0 atom stereocenters. The van der Waals surface area contributed by atoms with E-state index in [1.807, 2.05) is 0 Å². The molecule has 0 bridgehead atoms. The van der Waals surface area contributed by atoms with E-state index >= 15 is 0 Å². The number of imidazole rings is 1. The number of aryl methyl sites for hydroxylation is 1. The summed E-state index contributed by atoms with van der Waals surface area (Å²) in [5.41, 5.74) is -0.488. The topological polar surface area (TPSA) is 73.0 Å². The molecule has 0 saturated heterocycles. The van der Waals surface area contributed by atoms with Gasteiger partial charge in [-0.1, -0.05) is 0 Å². The average molecular weight is 378 g/mol. The number of hydrogen-bond donors (Lipinski definition) is 1. The van der Waals surface area contributed by atoms with Gasteiger partial charge < -0.3 is 4.42 Å². The zero-order chi connectivity index (χ0) is 19.0. The van der Waals surface area contributed by atoms with Crippen LogP contribution in [-0.4, -0.2) is 20.4 Å². The van der Waals surface area contributed by atoms with Gasteiger partial charge in [-0.3, -0.25) is 14.7 Å². The van der Waals surface area contributed by atoms with Crippen molar-refractivity contribution in [3.05, 3.63) is 42.0 Å². The molecule has 0 spiro atoms. The number of hydrogen-bond acceptors (Lipinski definition) is 4. The summed E-state index contributed by atoms with van der Waals surface area (Å²) in [5.74, 6) is 0.651. The summed E-state index contributed by atoms with van der Waals surface area (Å²) < 4.78 is 45.9. The zero-order valence-electron chi connectivity index (χ0n) is 14.3. The molecule has 1 fully saturated rings. The van der Waals surface area contributed by atoms with Gasteiger partial charge in [0.05, 0.1) is 6.26 Å². The van der Waals surface area contributed by atoms with Gasteiger partial charge in [0.15, 0.2) is 5.65 Å². The summed E-state index contributed by atoms with van der Waals surface area (Å²) in [5, 5.41) is 2.72. The molecule has 1 saturated carbocycles. The van der Waals surface area contributed by atoms with Gasteiger partial charge in [0.25, 0.3) is 0 Å². The van der Waals surface area contributed by atoms with Crippen LogP contribution in [0.3, 0.4) is 0 Å². The maximum Gasteiger partial charge on any atom is 0.433 e. The largest absolute Gasteiger partial charge is 0.469 e. The van der Waals surface area contributed by atoms with Crippen LogP contribution in [0.4, 0.5) is 19.1 Å². The number of fused-ring (bicyclic) bond motifs is 1. The van der Waals surface area contributed by atoms with Gasteiger partial charge in [0, 0.05) is 18.9 Å². The smallest absolute Gasteiger partial charge is 0.433 e. The molecule has 3 aromatic rings. The Hall–Kier alpha value is -2.84. The quantitative estimate of drug-likeness (QED) is 0.717. The maximum atomic E-state index is 13.0. The van der Waals surface area contributed by atoms with Gasteiger partial charge in [0.1, 0.15) is 17.0 Å². The van der Waals surface area contributed by atoms with Crippen LogP contribution in [0.1, 0.15) is 43.2 Å². The van der Waals surface area contributed by atoms with Gasteiger partial charge in [-0.05, 0) is 43.5 Å². The lowest BCUT2D eigenvalue weighted by atomic mass is 9.93. The van der Waals surface area contributed by atoms with E-state index in [-0.39, 0.29) is 30.0 Å². The molecule has 142 valence electrons. The summed E-state index contributed by atoms with van der Waals surface area (Å²) in [6.07, 6.45) is 0.233. The summed E-state index contributed by atoms with van der Waals surface area (Å²) >= 11 is 0. The van der Waals surface area contributed by atoms with Gasteiger partial charge in [-0.2, -0.15) is 13.2 Å². The normalized spacial score (nSPS) is 15.1. The van der Waals surface area contributed by atoms with E-state index < -0.39 is 11.9 Å². The van der Waals surface area contributed by atoms with Crippen molar-refractivity contribution < 1.29 is 22.4 Å². The second kappa shape index (κ2) is 6.71. The minimum absolute atomic E-state index is 0.00800. The highest BCUT2D eigenvalue weighted by molar-refractivity contribution is 5.91. The predicted molar refractivity (Wildman–Crippen MR) is 91.1 cm³/mol. The van der Waals surface area contributed by atoms with E-state index in [1.54, 1.807) is 16.7 Å². The van der Waals surface area contributed by atoms with Crippen molar-refractivity contribution >= 4 is 23.0 Å². The summed E-state index contributed by atoms with van der Waals surface area (Å²) in [7, 11) is 0. The number of furan rings is 1. The lowest BCUT2D eigenvalue weighted by Crippen LogP contribution is -2.22. The summed E-state index contributed by atoms with van der Waals surface area (Å²) in [6.45, 7) is 0. The molecular formula is C18H17F3N4O2. The van der Waals surface area contributed by atoms with E-state index in [4.69, 9.17) is 4.42 Å². The molecule has 27 heavy (non-hydrogen) atoms. The standard InChI is InChI=1S/C18H17F3N4O2/c19-18(20,21)14-8-7-13-16(23-14)25(11-3-1-4-11)17(22-13)24-15(26)9-6-12-5-2-10-27-12/h2,5,7-8,10-11H,1,3-4,6,9H2,(H,22,24,26). The van der Waals surface area contributed by atoms with Crippen LogP contribution < -0.4 is 5.32 Å². The molecule has 0 unspecified atom stereocenters. The van der Waals surface area contributed by atoms with Gasteiger partial charge in [0.2, 0.25) is 11.9 Å². The number of rotatable bonds is 5. The summed E-state index contributed by atoms with van der Waals surface area (Å²) in [4.78, 5) is 20.4. The zero-order valence-corrected chi connectivity index (χ0v) is 14.3. The Labute approximate surface area is 152 Å². The number of aromatic nitrogens is 3. The van der Waals surface area contributed by atoms with Crippen LogP contribution in [0.25, 0.3) is 11.2 Å². The third-order valence-electron chi connectivity index (χ3n) is 4.70. The number of nitrogens with one attached hydrogen (secondary N) is 1. The number of amides is 1. The Bertz CT molecular complexity index is 959. The SMILES string of the molecule is O=C(CCc1ccco1)Nc1nc2ccc(C(F)(F)F)nc2n1C1CCC1. The fourth-order valence-corrected chi connectivity index (χ4v) is 3.09. The molecule has 1 aliphatic carbocycles. The number of halogens is 3. The van der Waals surface area contributed by atoms with Gasteiger partial charge >= 0.3 is 6.18 Å². The van der Waals surface area contributed by atoms with E-state index in [9.17, 15) is 18.0 Å². The first-order valence-electron chi connectivity index (χ1n) is 8.70. The van der Waals surface area contributed by atoms with Crippen molar-refractivity contribution in [1.82, 2.24) is 14.5 Å². The molecule has 9 heteroatoms. The fourth-order valence-electron chi connectivity index (χ4n) is 3.09. The van der Waals surface area contributed by atoms with E-state index in [0.29, 0.717) is 17.7 Å². The second-order valence-corrected chi connectivity index (χ2v) is 6.55. The molecule has 3 heterocycles. The minimum atomic E-state index is -4.53. The Morgan fingerprint density at radius 2 is 2.07 bits per heavy atom. The van der Waals surface area contributed by atoms with Crippen LogP contribution in [0.15, 0.2) is 34.9 Å². The van der Waals surface area contributed by atoms with Crippen molar-refractivity contribution in [1.29, 1.82) is 0 Å². The van der Waals surface area contributed by atoms with Crippen LogP contribution >= 0.6 is 0 Å². The Morgan fingerprint density at radius 3 is 2.70 bits per heavy atom.